The van der Waals surface area contributed by atoms with Crippen LogP contribution < -0.4 is 4.74 Å². The quantitative estimate of drug-likeness (QED) is 0.562. The van der Waals surface area contributed by atoms with Gasteiger partial charge in [-0.3, -0.25) is 4.79 Å². The molecule has 2 rings (SSSR count). The molecular weight excluding hydrogens is 306 g/mol. The Morgan fingerprint density at radius 1 is 1.30 bits per heavy atom. The van der Waals surface area contributed by atoms with Gasteiger partial charge in [-0.2, -0.15) is 5.26 Å². The lowest BCUT2D eigenvalue weighted by atomic mass is 9.74. The van der Waals surface area contributed by atoms with Crippen molar-refractivity contribution in [3.05, 3.63) is 52.2 Å². The molecule has 0 aliphatic carbocycles. The maximum Gasteiger partial charge on any atom is 0.311 e. The van der Waals surface area contributed by atoms with Crippen LogP contribution in [-0.2, 0) is 10.2 Å². The normalized spacial score (nSPS) is 13.3. The molecule has 120 valence electrons. The average molecular weight is 327 g/mol. The molecule has 0 amide bonds. The largest absolute Gasteiger partial charge is 0.427 e. The predicted molar refractivity (Wildman–Crippen MR) is 92.5 cm³/mol. The van der Waals surface area contributed by atoms with E-state index in [0.717, 1.165) is 10.4 Å². The van der Waals surface area contributed by atoms with Crippen molar-refractivity contribution in [3.8, 4) is 11.8 Å². The summed E-state index contributed by atoms with van der Waals surface area (Å²) in [6, 6.07) is 13.7. The van der Waals surface area contributed by atoms with Crippen molar-refractivity contribution in [1.82, 2.24) is 0 Å². The molecule has 1 unspecified atom stereocenters. The third-order valence-corrected chi connectivity index (χ3v) is 5.17. The van der Waals surface area contributed by atoms with Crippen molar-refractivity contribution >= 4 is 17.3 Å². The van der Waals surface area contributed by atoms with Crippen LogP contribution in [0, 0.1) is 24.2 Å². The van der Waals surface area contributed by atoms with Crippen LogP contribution in [0.5, 0.6) is 5.75 Å². The molecule has 0 bridgehead atoms. The fourth-order valence-electron chi connectivity index (χ4n) is 2.56. The zero-order chi connectivity index (χ0) is 16.9. The summed E-state index contributed by atoms with van der Waals surface area (Å²) in [4.78, 5) is 13.1. The molecule has 0 fully saturated rings. The number of esters is 1. The molecule has 0 saturated heterocycles. The van der Waals surface area contributed by atoms with Crippen molar-refractivity contribution in [2.24, 2.45) is 5.92 Å². The number of ether oxygens (including phenoxy) is 1. The minimum atomic E-state index is -0.638. The van der Waals surface area contributed by atoms with Gasteiger partial charge in [-0.15, -0.1) is 11.3 Å². The van der Waals surface area contributed by atoms with Gasteiger partial charge in [0.2, 0.25) is 0 Å². The molecule has 1 aromatic carbocycles. The number of nitrogens with zero attached hydrogens (tertiary/aromatic N) is 1. The molecule has 1 aromatic heterocycles. The molecule has 0 N–H and O–H groups in total. The second-order valence-electron chi connectivity index (χ2n) is 6.00. The van der Waals surface area contributed by atoms with E-state index in [-0.39, 0.29) is 18.3 Å². The molecule has 1 heterocycles. The van der Waals surface area contributed by atoms with E-state index in [9.17, 15) is 10.1 Å². The van der Waals surface area contributed by atoms with Gasteiger partial charge in [0.1, 0.15) is 5.75 Å². The zero-order valence-electron chi connectivity index (χ0n) is 13.7. The third-order valence-electron chi connectivity index (χ3n) is 4.12. The Labute approximate surface area is 141 Å². The molecule has 4 heteroatoms. The minimum absolute atomic E-state index is 0.123. The molecular formula is C19H21NO2S. The number of nitriles is 1. The van der Waals surface area contributed by atoms with Gasteiger partial charge in [0.15, 0.2) is 0 Å². The Kier molecular flexibility index (Phi) is 5.57. The summed E-state index contributed by atoms with van der Waals surface area (Å²) < 4.78 is 5.36. The van der Waals surface area contributed by atoms with Crippen LogP contribution in [0.4, 0.5) is 0 Å². The lowest BCUT2D eigenvalue weighted by Gasteiger charge is -2.29. The molecule has 0 saturated carbocycles. The number of carbonyl (C=O) groups excluding carboxylic acids is 1. The first-order valence-electron chi connectivity index (χ1n) is 7.70. The van der Waals surface area contributed by atoms with Crippen molar-refractivity contribution in [2.45, 2.75) is 39.0 Å². The highest BCUT2D eigenvalue weighted by Gasteiger charge is 2.37. The van der Waals surface area contributed by atoms with E-state index >= 15 is 0 Å². The van der Waals surface area contributed by atoms with Gasteiger partial charge in [0.25, 0.3) is 0 Å². The summed E-state index contributed by atoms with van der Waals surface area (Å²) in [6.45, 7) is 6.03. The molecule has 0 aliphatic rings. The van der Waals surface area contributed by atoms with Gasteiger partial charge in [-0.25, -0.2) is 0 Å². The van der Waals surface area contributed by atoms with Crippen LogP contribution in [0.2, 0.25) is 0 Å². The topological polar surface area (TPSA) is 50.1 Å². The second kappa shape index (κ2) is 7.43. The summed E-state index contributed by atoms with van der Waals surface area (Å²) in [5.74, 6) is 0.368. The number of benzene rings is 1. The van der Waals surface area contributed by atoms with Crippen molar-refractivity contribution in [3.63, 3.8) is 0 Å². The molecule has 0 radical (unpaired) electrons. The first kappa shape index (κ1) is 17.2. The monoisotopic (exact) mass is 327 g/mol. The van der Waals surface area contributed by atoms with Gasteiger partial charge in [0, 0.05) is 11.3 Å². The number of hydrogen-bond acceptors (Lipinski definition) is 4. The maximum absolute atomic E-state index is 12.1. The van der Waals surface area contributed by atoms with E-state index < -0.39 is 5.41 Å². The van der Waals surface area contributed by atoms with Gasteiger partial charge in [0.05, 0.1) is 11.5 Å². The van der Waals surface area contributed by atoms with Crippen LogP contribution >= 0.6 is 11.3 Å². The summed E-state index contributed by atoms with van der Waals surface area (Å²) >= 11 is 1.57. The Morgan fingerprint density at radius 3 is 2.52 bits per heavy atom. The fourth-order valence-corrected chi connectivity index (χ4v) is 3.61. The highest BCUT2D eigenvalue weighted by atomic mass is 32.1. The number of rotatable bonds is 6. The van der Waals surface area contributed by atoms with Crippen molar-refractivity contribution < 1.29 is 9.53 Å². The van der Waals surface area contributed by atoms with E-state index in [4.69, 9.17) is 4.74 Å². The Hall–Kier alpha value is -2.12. The van der Waals surface area contributed by atoms with E-state index in [2.05, 4.69) is 6.07 Å². The number of carbonyl (C=O) groups is 1. The lowest BCUT2D eigenvalue weighted by Crippen LogP contribution is -2.31. The SMILES string of the molecule is Cc1ccc(OC(=O)CCC(C#N)(c2cccs2)C(C)C)cc1. The van der Waals surface area contributed by atoms with Crippen LogP contribution in [0.25, 0.3) is 0 Å². The Morgan fingerprint density at radius 2 is 2.00 bits per heavy atom. The molecule has 0 spiro atoms. The zero-order valence-corrected chi connectivity index (χ0v) is 14.5. The average Bonchev–Trinajstić information content (AvgIpc) is 3.05. The van der Waals surface area contributed by atoms with Gasteiger partial charge >= 0.3 is 5.97 Å². The van der Waals surface area contributed by atoms with Crippen molar-refractivity contribution in [1.29, 1.82) is 5.26 Å². The third kappa shape index (κ3) is 4.00. The van der Waals surface area contributed by atoms with Crippen LogP contribution in [-0.4, -0.2) is 5.97 Å². The molecule has 0 aliphatic heterocycles. The van der Waals surface area contributed by atoms with Crippen LogP contribution in [0.1, 0.15) is 37.1 Å². The first-order valence-corrected chi connectivity index (χ1v) is 8.58. The fraction of sp³-hybridized carbons (Fsp3) is 0.368. The van der Waals surface area contributed by atoms with Crippen molar-refractivity contribution in [2.75, 3.05) is 0 Å². The second-order valence-corrected chi connectivity index (χ2v) is 6.95. The first-order chi connectivity index (χ1) is 11.0. The number of thiophene rings is 1. The molecule has 23 heavy (non-hydrogen) atoms. The van der Waals surface area contributed by atoms with Crippen LogP contribution in [0.15, 0.2) is 41.8 Å². The summed E-state index contributed by atoms with van der Waals surface area (Å²) in [5, 5.41) is 11.7. The maximum atomic E-state index is 12.1. The number of hydrogen-bond donors (Lipinski definition) is 0. The Bertz CT molecular complexity index is 683. The summed E-state index contributed by atoms with van der Waals surface area (Å²) in [6.07, 6.45) is 0.684. The van der Waals surface area contributed by atoms with Gasteiger partial charge in [-0.05, 0) is 42.8 Å². The Balaban J connectivity index is 2.05. The number of aryl methyl sites for hydroxylation is 1. The molecule has 1 atom stereocenters. The molecule has 2 aromatic rings. The lowest BCUT2D eigenvalue weighted by molar-refractivity contribution is -0.134. The van der Waals surface area contributed by atoms with E-state index in [0.29, 0.717) is 12.2 Å². The summed E-state index contributed by atoms with van der Waals surface area (Å²) in [7, 11) is 0. The molecule has 3 nitrogen and oxygen atoms in total. The van der Waals surface area contributed by atoms with Gasteiger partial charge in [-0.1, -0.05) is 37.6 Å². The van der Waals surface area contributed by atoms with E-state index in [1.807, 2.05) is 50.4 Å². The smallest absolute Gasteiger partial charge is 0.311 e. The standard InChI is InChI=1S/C19H21NO2S/c1-14(2)19(13-20,17-5-4-12-23-17)11-10-18(21)22-16-8-6-15(3)7-9-16/h4-9,12,14H,10-11H2,1-3H3. The summed E-state index contributed by atoms with van der Waals surface area (Å²) in [5.41, 5.74) is 0.478. The van der Waals surface area contributed by atoms with E-state index in [1.54, 1.807) is 23.5 Å². The highest BCUT2D eigenvalue weighted by Crippen LogP contribution is 2.39. The van der Waals surface area contributed by atoms with E-state index in [1.165, 1.54) is 0 Å². The highest BCUT2D eigenvalue weighted by molar-refractivity contribution is 7.10. The predicted octanol–water partition coefficient (Wildman–Crippen LogP) is 4.86. The minimum Gasteiger partial charge on any atom is -0.427 e. The van der Waals surface area contributed by atoms with Crippen LogP contribution in [0.3, 0.4) is 0 Å². The van der Waals surface area contributed by atoms with Gasteiger partial charge < -0.3 is 4.74 Å².